The van der Waals surface area contributed by atoms with Gasteiger partial charge in [0.1, 0.15) is 11.9 Å². The molecule has 2 heterocycles. The van der Waals surface area contributed by atoms with Crippen LogP contribution >= 0.6 is 23.5 Å². The van der Waals surface area contributed by atoms with Crippen molar-refractivity contribution in [1.82, 2.24) is 15.0 Å². The van der Waals surface area contributed by atoms with Gasteiger partial charge in [0.05, 0.1) is 24.6 Å². The molecule has 1 saturated heterocycles. The van der Waals surface area contributed by atoms with E-state index >= 15 is 0 Å². The Balaban J connectivity index is 1.97. The molecule has 188 valence electrons. The molecule has 0 spiro atoms. The minimum absolute atomic E-state index is 0.0493. The lowest BCUT2D eigenvalue weighted by atomic mass is 9.99. The van der Waals surface area contributed by atoms with Crippen molar-refractivity contribution in [2.24, 2.45) is 16.8 Å². The van der Waals surface area contributed by atoms with Gasteiger partial charge in [0.15, 0.2) is 0 Å². The molecule has 5 unspecified atom stereocenters. The van der Waals surface area contributed by atoms with Crippen LogP contribution in [-0.4, -0.2) is 54.3 Å². The average Bonchev–Trinajstić information content (AvgIpc) is 3.14. The molecule has 1 fully saturated rings. The second-order valence-electron chi connectivity index (χ2n) is 6.89. The smallest absolute Gasteiger partial charge is 0.368 e. The zero-order valence-electron chi connectivity index (χ0n) is 17.3. The molecule has 0 saturated carbocycles. The fourth-order valence-electron chi connectivity index (χ4n) is 3.06. The Morgan fingerprint density at radius 1 is 1.33 bits per heavy atom. The number of aryl methyl sites for hydroxylation is 1. The summed E-state index contributed by atoms with van der Waals surface area (Å²) in [5.74, 6) is 0.268. The first-order valence-electron chi connectivity index (χ1n) is 9.15. The maximum absolute atomic E-state index is 11.8. The largest absolute Gasteiger partial charge is 0.490 e. The van der Waals surface area contributed by atoms with Gasteiger partial charge in [-0.15, -0.1) is 5.10 Å². The number of aromatic nitrogens is 2. The molecule has 2 rings (SSSR count). The van der Waals surface area contributed by atoms with Crippen molar-refractivity contribution in [3.8, 4) is 0 Å². The molecule has 1 aliphatic rings. The van der Waals surface area contributed by atoms with E-state index in [0.717, 1.165) is 0 Å². The first-order valence-corrected chi connectivity index (χ1v) is 13.7. The number of guanidine groups is 1. The van der Waals surface area contributed by atoms with Crippen molar-refractivity contribution in [3.63, 3.8) is 0 Å². The Bertz CT molecular complexity index is 1020. The zero-order valence-corrected chi connectivity index (χ0v) is 20.0. The van der Waals surface area contributed by atoms with Gasteiger partial charge in [0.2, 0.25) is 12.4 Å². The van der Waals surface area contributed by atoms with E-state index in [1.165, 1.54) is 10.9 Å². The SMILES string of the molecule is Cc1ncc(C2OC(CCOP(=O)(O)OP(=O)(O)OP(=O)(O)O)CC2C)n1N=C(N)NC=O. The number of nitrogens with one attached hydrogen (secondary N) is 1. The van der Waals surface area contributed by atoms with Gasteiger partial charge in [-0.25, -0.2) is 23.4 Å². The number of nitrogens with two attached hydrogens (primary N) is 1. The topological polar surface area (TPSA) is 254 Å². The fourth-order valence-corrected chi connectivity index (χ4v) is 6.09. The standard InChI is InChI=1S/C13H24N5O12P3/c1-8-5-10(3-4-27-32(23,24)30-33(25,26)29-31(20,21)22)28-12(8)11-6-15-9(2)18(11)17-13(14)16-7-19/h6-8,10,12H,3-5H2,1-2H3,(H,23,24)(H,25,26)(H2,20,21,22)(H3,14,16,17,19). The highest BCUT2D eigenvalue weighted by Crippen LogP contribution is 2.66. The summed E-state index contributed by atoms with van der Waals surface area (Å²) in [6, 6.07) is 0. The van der Waals surface area contributed by atoms with Gasteiger partial charge in [-0.1, -0.05) is 6.92 Å². The molecule has 0 radical (unpaired) electrons. The Kier molecular flexibility index (Phi) is 9.12. The summed E-state index contributed by atoms with van der Waals surface area (Å²) < 4.78 is 53.0. The van der Waals surface area contributed by atoms with Crippen molar-refractivity contribution in [3.05, 3.63) is 17.7 Å². The number of ether oxygens (including phenoxy) is 1. The van der Waals surface area contributed by atoms with E-state index in [9.17, 15) is 23.4 Å². The van der Waals surface area contributed by atoms with E-state index in [4.69, 9.17) is 25.2 Å². The van der Waals surface area contributed by atoms with Gasteiger partial charge >= 0.3 is 23.5 Å². The maximum atomic E-state index is 11.8. The van der Waals surface area contributed by atoms with Gasteiger partial charge in [-0.05, 0) is 25.7 Å². The molecular weight excluding hydrogens is 511 g/mol. The molecule has 1 amide bonds. The lowest BCUT2D eigenvalue weighted by Crippen LogP contribution is -2.31. The second kappa shape index (κ2) is 10.8. The van der Waals surface area contributed by atoms with E-state index < -0.39 is 42.3 Å². The van der Waals surface area contributed by atoms with Crippen molar-refractivity contribution < 1.29 is 55.9 Å². The molecule has 1 aromatic heterocycles. The van der Waals surface area contributed by atoms with Crippen molar-refractivity contribution >= 4 is 35.8 Å². The van der Waals surface area contributed by atoms with Gasteiger partial charge in [-0.3, -0.25) is 14.6 Å². The van der Waals surface area contributed by atoms with E-state index in [1.807, 2.05) is 6.92 Å². The minimum atomic E-state index is -5.57. The van der Waals surface area contributed by atoms with Gasteiger partial charge in [0, 0.05) is 0 Å². The number of imidazole rings is 1. The summed E-state index contributed by atoms with van der Waals surface area (Å²) in [5, 5.41) is 6.27. The van der Waals surface area contributed by atoms with Crippen LogP contribution in [0, 0.1) is 12.8 Å². The average molecular weight is 535 g/mol. The lowest BCUT2D eigenvalue weighted by Gasteiger charge is -2.18. The number of amides is 1. The molecule has 33 heavy (non-hydrogen) atoms. The van der Waals surface area contributed by atoms with E-state index in [1.54, 1.807) is 6.92 Å². The molecule has 20 heteroatoms. The monoisotopic (exact) mass is 535 g/mol. The van der Waals surface area contributed by atoms with Crippen LogP contribution in [0.3, 0.4) is 0 Å². The first-order chi connectivity index (χ1) is 15.1. The predicted molar refractivity (Wildman–Crippen MR) is 109 cm³/mol. The second-order valence-corrected chi connectivity index (χ2v) is 11.3. The molecule has 0 bridgehead atoms. The van der Waals surface area contributed by atoms with E-state index in [0.29, 0.717) is 24.3 Å². The van der Waals surface area contributed by atoms with Gasteiger partial charge < -0.3 is 30.0 Å². The normalized spacial score (nSPS) is 25.4. The Labute approximate surface area is 187 Å². The number of rotatable bonds is 11. The summed E-state index contributed by atoms with van der Waals surface area (Å²) in [6.45, 7) is 3.10. The summed E-state index contributed by atoms with van der Waals surface area (Å²) in [6.07, 6.45) is 1.51. The summed E-state index contributed by atoms with van der Waals surface area (Å²) >= 11 is 0. The van der Waals surface area contributed by atoms with E-state index in [2.05, 4.69) is 28.5 Å². The Hall–Kier alpha value is -1.48. The van der Waals surface area contributed by atoms with Crippen LogP contribution in [0.1, 0.15) is 37.4 Å². The number of hydrogen-bond donors (Lipinski definition) is 6. The third-order valence-electron chi connectivity index (χ3n) is 4.24. The Morgan fingerprint density at radius 2 is 2.00 bits per heavy atom. The lowest BCUT2D eigenvalue weighted by molar-refractivity contribution is -0.108. The predicted octanol–water partition coefficient (Wildman–Crippen LogP) is 0.215. The fraction of sp³-hybridized carbons (Fsp3) is 0.615. The van der Waals surface area contributed by atoms with Crippen LogP contribution in [0.15, 0.2) is 11.3 Å². The van der Waals surface area contributed by atoms with Crippen molar-refractivity contribution in [2.75, 3.05) is 6.61 Å². The first kappa shape index (κ1) is 27.8. The molecule has 5 atom stereocenters. The van der Waals surface area contributed by atoms with Crippen LogP contribution in [0.4, 0.5) is 0 Å². The molecule has 0 aliphatic carbocycles. The molecule has 17 nitrogen and oxygen atoms in total. The Morgan fingerprint density at radius 3 is 2.61 bits per heavy atom. The number of nitrogens with zero attached hydrogens (tertiary/aromatic N) is 3. The highest BCUT2D eigenvalue weighted by atomic mass is 31.3. The van der Waals surface area contributed by atoms with Crippen molar-refractivity contribution in [1.29, 1.82) is 0 Å². The van der Waals surface area contributed by atoms with Gasteiger partial charge in [-0.2, -0.15) is 8.62 Å². The van der Waals surface area contributed by atoms with Gasteiger partial charge in [0.25, 0.3) is 0 Å². The number of hydrogen-bond acceptors (Lipinski definition) is 10. The maximum Gasteiger partial charge on any atom is 0.490 e. The van der Waals surface area contributed by atoms with Crippen LogP contribution in [0.2, 0.25) is 0 Å². The molecule has 7 N–H and O–H groups in total. The summed E-state index contributed by atoms with van der Waals surface area (Å²) in [7, 11) is -16.2. The number of phosphoric ester groups is 1. The molecule has 1 aliphatic heterocycles. The minimum Gasteiger partial charge on any atom is -0.368 e. The number of carbonyl (C=O) groups is 1. The number of carbonyl (C=O) groups excluding carboxylic acids is 1. The summed E-state index contributed by atoms with van der Waals surface area (Å²) in [4.78, 5) is 50.4. The van der Waals surface area contributed by atoms with Crippen LogP contribution in [0.25, 0.3) is 0 Å². The van der Waals surface area contributed by atoms with Crippen LogP contribution in [0.5, 0.6) is 0 Å². The van der Waals surface area contributed by atoms with E-state index in [-0.39, 0.29) is 18.3 Å². The molecule has 0 aromatic carbocycles. The highest BCUT2D eigenvalue weighted by Gasteiger charge is 2.41. The van der Waals surface area contributed by atoms with Crippen molar-refractivity contribution in [2.45, 2.75) is 38.9 Å². The molecular formula is C13H24N5O12P3. The summed E-state index contributed by atoms with van der Waals surface area (Å²) in [5.41, 5.74) is 6.15. The third kappa shape index (κ3) is 8.67. The molecule has 1 aromatic rings. The highest BCUT2D eigenvalue weighted by molar-refractivity contribution is 7.66. The third-order valence-corrected chi connectivity index (χ3v) is 8.08. The number of phosphoric acid groups is 3. The van der Waals surface area contributed by atoms with Crippen LogP contribution in [-0.2, 0) is 36.4 Å². The quantitative estimate of drug-likeness (QED) is 0.0959. The van der Waals surface area contributed by atoms with Crippen LogP contribution < -0.4 is 11.1 Å². The zero-order chi connectivity index (χ0) is 25.0.